The van der Waals surface area contributed by atoms with E-state index in [9.17, 15) is 14.9 Å². The number of aromatic nitrogens is 2. The van der Waals surface area contributed by atoms with Gasteiger partial charge in [-0.1, -0.05) is 42.5 Å². The fourth-order valence-corrected chi connectivity index (χ4v) is 3.31. The van der Waals surface area contributed by atoms with Crippen molar-refractivity contribution in [2.24, 2.45) is 14.1 Å². The van der Waals surface area contributed by atoms with E-state index in [1.165, 1.54) is 11.6 Å². The highest BCUT2D eigenvalue weighted by atomic mass is 16.2. The number of hydrogen-bond acceptors (Lipinski definition) is 4. The summed E-state index contributed by atoms with van der Waals surface area (Å²) in [5, 5.41) is 9.47. The molecule has 6 nitrogen and oxygen atoms in total. The zero-order valence-electron chi connectivity index (χ0n) is 14.3. The van der Waals surface area contributed by atoms with Gasteiger partial charge in [0.1, 0.15) is 11.9 Å². The molecule has 0 N–H and O–H groups in total. The zero-order chi connectivity index (χ0) is 18.0. The summed E-state index contributed by atoms with van der Waals surface area (Å²) in [6.45, 7) is 0.707. The van der Waals surface area contributed by atoms with Crippen LogP contribution >= 0.6 is 0 Å². The highest BCUT2D eigenvalue weighted by Gasteiger charge is 2.29. The van der Waals surface area contributed by atoms with E-state index in [0.29, 0.717) is 12.4 Å². The summed E-state index contributed by atoms with van der Waals surface area (Å²) in [6, 6.07) is 12.0. The van der Waals surface area contributed by atoms with E-state index in [-0.39, 0.29) is 11.6 Å². The highest BCUT2D eigenvalue weighted by molar-refractivity contribution is 5.58. The van der Waals surface area contributed by atoms with Crippen LogP contribution in [0.2, 0.25) is 0 Å². The number of benzene rings is 1. The molecular formula is C19H20N4O2. The highest BCUT2D eigenvalue weighted by Crippen LogP contribution is 2.27. The van der Waals surface area contributed by atoms with Crippen molar-refractivity contribution in [1.29, 1.82) is 5.26 Å². The molecule has 1 aromatic heterocycles. The first-order valence-corrected chi connectivity index (χ1v) is 8.24. The molecule has 2 aromatic rings. The Morgan fingerprint density at radius 3 is 2.56 bits per heavy atom. The predicted molar refractivity (Wildman–Crippen MR) is 97.5 cm³/mol. The molecule has 6 heteroatoms. The number of rotatable bonds is 3. The first kappa shape index (κ1) is 16.8. The van der Waals surface area contributed by atoms with Crippen molar-refractivity contribution in [3.8, 4) is 6.07 Å². The Morgan fingerprint density at radius 1 is 1.16 bits per heavy atom. The van der Waals surface area contributed by atoms with Crippen LogP contribution < -0.4 is 16.1 Å². The lowest BCUT2D eigenvalue weighted by atomic mass is 10.1. The molecule has 0 saturated carbocycles. The molecule has 1 aliphatic rings. The molecule has 1 saturated heterocycles. The number of hydrogen-bond donors (Lipinski definition) is 0. The maximum absolute atomic E-state index is 12.3. The van der Waals surface area contributed by atoms with E-state index >= 15 is 0 Å². The van der Waals surface area contributed by atoms with Crippen LogP contribution in [0.15, 0.2) is 46.0 Å². The van der Waals surface area contributed by atoms with Crippen molar-refractivity contribution in [3.63, 3.8) is 0 Å². The van der Waals surface area contributed by atoms with Gasteiger partial charge in [-0.2, -0.15) is 5.26 Å². The third-order valence-corrected chi connectivity index (χ3v) is 4.63. The Morgan fingerprint density at radius 2 is 1.88 bits per heavy atom. The summed E-state index contributed by atoms with van der Waals surface area (Å²) >= 11 is 0. The van der Waals surface area contributed by atoms with Crippen molar-refractivity contribution in [1.82, 2.24) is 9.13 Å². The maximum atomic E-state index is 12.3. The minimum atomic E-state index is -0.543. The standard InChI is InChI=1S/C19H20N4O2/c1-21-17(16(13-20)18(24)22(2)19(21)25)23-12-6-9-15(23)11-10-14-7-4-3-5-8-14/h3-5,7-8,10-11,15H,6,9,12H2,1-2H3/b11-10+/t15-/m1/s1. The second-order valence-electron chi connectivity index (χ2n) is 6.19. The van der Waals surface area contributed by atoms with Gasteiger partial charge >= 0.3 is 5.69 Å². The van der Waals surface area contributed by atoms with E-state index in [1.54, 1.807) is 7.05 Å². The third kappa shape index (κ3) is 3.01. The molecule has 1 aromatic carbocycles. The summed E-state index contributed by atoms with van der Waals surface area (Å²) in [5.74, 6) is 0.413. The minimum absolute atomic E-state index is 0.0182. The summed E-state index contributed by atoms with van der Waals surface area (Å²) in [5.41, 5.74) is 0.146. The van der Waals surface area contributed by atoms with Gasteiger partial charge in [-0.05, 0) is 18.4 Å². The normalized spacial score (nSPS) is 17.2. The molecule has 0 bridgehead atoms. The third-order valence-electron chi connectivity index (χ3n) is 4.63. The first-order valence-electron chi connectivity index (χ1n) is 8.24. The minimum Gasteiger partial charge on any atom is -0.350 e. The van der Waals surface area contributed by atoms with Gasteiger partial charge in [-0.25, -0.2) is 4.79 Å². The molecule has 0 unspecified atom stereocenters. The lowest BCUT2D eigenvalue weighted by Crippen LogP contribution is -2.43. The van der Waals surface area contributed by atoms with E-state index < -0.39 is 11.2 Å². The van der Waals surface area contributed by atoms with Gasteiger partial charge in [0.05, 0.1) is 0 Å². The van der Waals surface area contributed by atoms with E-state index in [1.807, 2.05) is 47.4 Å². The topological polar surface area (TPSA) is 71.0 Å². The molecule has 128 valence electrons. The monoisotopic (exact) mass is 336 g/mol. The molecule has 0 amide bonds. The van der Waals surface area contributed by atoms with E-state index in [0.717, 1.165) is 23.0 Å². The van der Waals surface area contributed by atoms with Crippen LogP contribution in [0.4, 0.5) is 5.82 Å². The fourth-order valence-electron chi connectivity index (χ4n) is 3.31. The molecule has 25 heavy (non-hydrogen) atoms. The van der Waals surface area contributed by atoms with Gasteiger partial charge in [-0.15, -0.1) is 0 Å². The average molecular weight is 336 g/mol. The molecule has 1 fully saturated rings. The van der Waals surface area contributed by atoms with Crippen LogP contribution in [0, 0.1) is 11.3 Å². The van der Waals surface area contributed by atoms with Crippen LogP contribution in [0.5, 0.6) is 0 Å². The van der Waals surface area contributed by atoms with E-state index in [2.05, 4.69) is 6.08 Å². The summed E-state index contributed by atoms with van der Waals surface area (Å²) < 4.78 is 2.38. The molecule has 2 heterocycles. The second kappa shape index (κ2) is 6.81. The molecule has 1 aliphatic heterocycles. The van der Waals surface area contributed by atoms with Gasteiger partial charge in [0, 0.05) is 26.7 Å². The number of nitrogens with zero attached hydrogens (tertiary/aromatic N) is 4. The summed E-state index contributed by atoms with van der Waals surface area (Å²) in [7, 11) is 3.00. The van der Waals surface area contributed by atoms with Crippen molar-refractivity contribution < 1.29 is 0 Å². The molecular weight excluding hydrogens is 316 g/mol. The molecule has 0 aliphatic carbocycles. The smallest absolute Gasteiger partial charge is 0.332 e. The van der Waals surface area contributed by atoms with Crippen molar-refractivity contribution in [2.75, 3.05) is 11.4 Å². The van der Waals surface area contributed by atoms with Crippen LogP contribution in [0.25, 0.3) is 6.08 Å². The van der Waals surface area contributed by atoms with E-state index in [4.69, 9.17) is 0 Å². The van der Waals surface area contributed by atoms with Crippen molar-refractivity contribution >= 4 is 11.9 Å². The van der Waals surface area contributed by atoms with Gasteiger partial charge in [0.15, 0.2) is 5.56 Å². The van der Waals surface area contributed by atoms with Crippen LogP contribution in [0.3, 0.4) is 0 Å². The number of nitriles is 1. The lowest BCUT2D eigenvalue weighted by Gasteiger charge is -2.27. The Labute approximate surface area is 145 Å². The Balaban J connectivity index is 2.04. The Hall–Kier alpha value is -3.07. The maximum Gasteiger partial charge on any atom is 0.332 e. The molecule has 0 spiro atoms. The molecule has 0 radical (unpaired) electrons. The molecule has 3 rings (SSSR count). The fraction of sp³-hybridized carbons (Fsp3) is 0.316. The second-order valence-corrected chi connectivity index (χ2v) is 6.19. The van der Waals surface area contributed by atoms with Gasteiger partial charge in [0.25, 0.3) is 5.56 Å². The van der Waals surface area contributed by atoms with Crippen molar-refractivity contribution in [3.05, 3.63) is 68.4 Å². The van der Waals surface area contributed by atoms with Crippen LogP contribution in [0.1, 0.15) is 24.0 Å². The first-order chi connectivity index (χ1) is 12.0. The predicted octanol–water partition coefficient (Wildman–Crippen LogP) is 1.64. The zero-order valence-corrected chi connectivity index (χ0v) is 14.3. The molecule has 1 atom stereocenters. The Kier molecular flexibility index (Phi) is 4.57. The SMILES string of the molecule is Cn1c(N2CCC[C@@H]2/C=C/c2ccccc2)c(C#N)c(=O)n(C)c1=O. The summed E-state index contributed by atoms with van der Waals surface area (Å²) in [6.07, 6.45) is 5.97. The van der Waals surface area contributed by atoms with Gasteiger partial charge < -0.3 is 4.90 Å². The number of anilines is 1. The average Bonchev–Trinajstić information content (AvgIpc) is 3.10. The largest absolute Gasteiger partial charge is 0.350 e. The van der Waals surface area contributed by atoms with Gasteiger partial charge in [-0.3, -0.25) is 13.9 Å². The van der Waals surface area contributed by atoms with Crippen LogP contribution in [-0.2, 0) is 14.1 Å². The van der Waals surface area contributed by atoms with Gasteiger partial charge in [0.2, 0.25) is 0 Å². The van der Waals surface area contributed by atoms with Crippen molar-refractivity contribution in [2.45, 2.75) is 18.9 Å². The Bertz CT molecular complexity index is 964. The van der Waals surface area contributed by atoms with Crippen LogP contribution in [-0.4, -0.2) is 21.7 Å². The lowest BCUT2D eigenvalue weighted by molar-refractivity contribution is 0.657. The quantitative estimate of drug-likeness (QED) is 0.854. The summed E-state index contributed by atoms with van der Waals surface area (Å²) in [4.78, 5) is 26.6.